The Hall–Kier alpha value is -0.880. The van der Waals surface area contributed by atoms with Crippen molar-refractivity contribution >= 4 is 6.08 Å². The van der Waals surface area contributed by atoms with Crippen LogP contribution < -0.4 is 0 Å². The van der Waals surface area contributed by atoms with Crippen LogP contribution in [0, 0.1) is 5.41 Å². The van der Waals surface area contributed by atoms with Crippen molar-refractivity contribution in [3.05, 3.63) is 12.7 Å². The van der Waals surface area contributed by atoms with Crippen LogP contribution in [0.4, 0.5) is 0 Å². The quantitative estimate of drug-likeness (QED) is 0.267. The van der Waals surface area contributed by atoms with E-state index in [2.05, 4.69) is 6.58 Å². The molecule has 0 bridgehead atoms. The van der Waals surface area contributed by atoms with Gasteiger partial charge in [-0.05, 0) is 6.92 Å². The second-order valence-corrected chi connectivity index (χ2v) is 0.510. The van der Waals surface area contributed by atoms with Crippen LogP contribution in [0.15, 0.2) is 12.7 Å². The minimum atomic E-state index is 0.750. The second kappa shape index (κ2) is 32.0. The minimum absolute atomic E-state index is 0.750. The van der Waals surface area contributed by atoms with Crippen LogP contribution in [0.3, 0.4) is 0 Å². The van der Waals surface area contributed by atoms with Crippen LogP contribution in [0.5, 0.6) is 0 Å². The van der Waals surface area contributed by atoms with Gasteiger partial charge in [-0.1, -0.05) is 6.08 Å². The van der Waals surface area contributed by atoms with Crippen molar-refractivity contribution in [1.29, 1.82) is 5.41 Å². The summed E-state index contributed by atoms with van der Waals surface area (Å²) < 4.78 is 0. The summed E-state index contributed by atoms with van der Waals surface area (Å²) in [6.45, 7) is 5.25. The topological polar surface area (TPSA) is 40.9 Å². The first kappa shape index (κ1) is 8.93. The Morgan fingerprint density at radius 3 is 2.00 bits per heavy atom. The van der Waals surface area contributed by atoms with E-state index in [0.717, 1.165) is 6.08 Å². The lowest BCUT2D eigenvalue weighted by molar-refractivity contribution is 0.563. The molecule has 34 valence electrons. The van der Waals surface area contributed by atoms with E-state index < -0.39 is 0 Å². The van der Waals surface area contributed by atoms with Gasteiger partial charge in [-0.15, -0.1) is 6.58 Å². The molecule has 2 nitrogen and oxygen atoms in total. The highest BCUT2D eigenvalue weighted by Crippen LogP contribution is 1.38. The molecule has 0 aromatic carbocycles. The molecule has 2 heteroatoms. The molecule has 0 fully saturated rings. The first-order valence-corrected chi connectivity index (χ1v) is 1.44. The first-order chi connectivity index (χ1) is 2.83. The first-order valence-electron chi connectivity index (χ1n) is 1.44. The number of hydrogen-bond donors (Lipinski definition) is 1. The van der Waals surface area contributed by atoms with Gasteiger partial charge in [-0.3, -0.25) is 0 Å². The fourth-order valence-electron chi connectivity index (χ4n) is 0. The van der Waals surface area contributed by atoms with E-state index in [1.54, 1.807) is 6.08 Å². The van der Waals surface area contributed by atoms with Crippen LogP contribution in [-0.2, 0) is 4.79 Å². The fourth-order valence-corrected chi connectivity index (χ4v) is 0. The van der Waals surface area contributed by atoms with Gasteiger partial charge in [0.05, 0.1) is 0 Å². The lowest BCUT2D eigenvalue weighted by atomic mass is 10.8. The molecule has 6 heavy (non-hydrogen) atoms. The number of allylic oxidation sites excluding steroid dienone is 1. The normalized spacial score (nSPS) is 3.50. The molecule has 0 amide bonds. The van der Waals surface area contributed by atoms with Gasteiger partial charge in [0.2, 0.25) is 6.08 Å². The Bertz CT molecular complexity index is 52.6. The zero-order valence-corrected chi connectivity index (χ0v) is 3.69. The Labute approximate surface area is 37.0 Å². The number of isocyanates is 1. The van der Waals surface area contributed by atoms with Gasteiger partial charge >= 0.3 is 0 Å². The smallest absolute Gasteiger partial charge is 0.222 e. The molecule has 0 aliphatic carbocycles. The molecular weight excluding hydrogens is 78.0 g/mol. The van der Waals surface area contributed by atoms with Gasteiger partial charge in [0.25, 0.3) is 0 Å². The highest BCUT2D eigenvalue weighted by molar-refractivity contribution is 5.26. The number of hydrogen-bond acceptors (Lipinski definition) is 2. The van der Waals surface area contributed by atoms with Crippen molar-refractivity contribution in [3.8, 4) is 0 Å². The summed E-state index contributed by atoms with van der Waals surface area (Å²) in [4.78, 5) is 8.35. The molecule has 0 saturated heterocycles. The molecule has 0 unspecified atom stereocenters. The molecular formula is C4H7NO. The van der Waals surface area contributed by atoms with Gasteiger partial charge in [0.15, 0.2) is 0 Å². The highest BCUT2D eigenvalue weighted by atomic mass is 16.1. The molecule has 0 radical (unpaired) electrons. The van der Waals surface area contributed by atoms with Gasteiger partial charge in [-0.25, -0.2) is 10.2 Å². The zero-order valence-electron chi connectivity index (χ0n) is 3.69. The third-order valence-corrected chi connectivity index (χ3v) is 0. The third kappa shape index (κ3) is 18.1. The van der Waals surface area contributed by atoms with Gasteiger partial charge < -0.3 is 0 Å². The summed E-state index contributed by atoms with van der Waals surface area (Å²) in [6, 6.07) is 0. The van der Waals surface area contributed by atoms with Crippen LogP contribution in [0.25, 0.3) is 0 Å². The molecule has 0 aliphatic heterocycles. The monoisotopic (exact) mass is 85.1 g/mol. The predicted molar refractivity (Wildman–Crippen MR) is 24.3 cm³/mol. The van der Waals surface area contributed by atoms with Crippen molar-refractivity contribution in [1.82, 2.24) is 0 Å². The zero-order chi connectivity index (χ0) is 5.41. The predicted octanol–water partition coefficient (Wildman–Crippen LogP) is 1.09. The van der Waals surface area contributed by atoms with E-state index in [9.17, 15) is 0 Å². The second-order valence-electron chi connectivity index (χ2n) is 0.510. The molecule has 0 heterocycles. The summed E-state index contributed by atoms with van der Waals surface area (Å²) in [5, 5.41) is 5.40. The van der Waals surface area contributed by atoms with Gasteiger partial charge in [0, 0.05) is 0 Å². The summed E-state index contributed by atoms with van der Waals surface area (Å²) >= 11 is 0. The average molecular weight is 85.1 g/mol. The SMILES string of the molecule is C=CC.N=C=O. The lowest BCUT2D eigenvalue weighted by Gasteiger charge is -1.31. The molecule has 0 aliphatic rings. The number of nitrogens with one attached hydrogen (secondary N) is 1. The van der Waals surface area contributed by atoms with Gasteiger partial charge in [-0.2, -0.15) is 0 Å². The lowest BCUT2D eigenvalue weighted by Crippen LogP contribution is -1.16. The van der Waals surface area contributed by atoms with Crippen molar-refractivity contribution in [2.75, 3.05) is 0 Å². The van der Waals surface area contributed by atoms with E-state index in [-0.39, 0.29) is 0 Å². The molecule has 0 aromatic rings. The minimum Gasteiger partial charge on any atom is -0.222 e. The Kier molecular flexibility index (Phi) is 47.6. The van der Waals surface area contributed by atoms with Crippen molar-refractivity contribution in [2.45, 2.75) is 6.92 Å². The largest absolute Gasteiger partial charge is 0.231 e. The maximum atomic E-state index is 8.35. The van der Waals surface area contributed by atoms with Gasteiger partial charge in [0.1, 0.15) is 0 Å². The van der Waals surface area contributed by atoms with Crippen molar-refractivity contribution in [3.63, 3.8) is 0 Å². The molecule has 1 N–H and O–H groups in total. The van der Waals surface area contributed by atoms with Crippen LogP contribution in [-0.4, -0.2) is 6.08 Å². The van der Waals surface area contributed by atoms with Crippen LogP contribution in [0.1, 0.15) is 6.92 Å². The standard InChI is InChI=1S/C3H6.CHNO/c1-3-2;2-1-3/h3H,1H2,2H3;2H. The number of carbonyl (C=O) groups excluding carboxylic acids is 1. The van der Waals surface area contributed by atoms with Crippen molar-refractivity contribution < 1.29 is 4.79 Å². The van der Waals surface area contributed by atoms with Crippen LogP contribution >= 0.6 is 0 Å². The third-order valence-electron chi connectivity index (χ3n) is 0. The van der Waals surface area contributed by atoms with Crippen LogP contribution in [0.2, 0.25) is 0 Å². The fraction of sp³-hybridized carbons (Fsp3) is 0.250. The summed E-state index contributed by atoms with van der Waals surface area (Å²) in [7, 11) is 0. The molecule has 0 atom stereocenters. The molecule has 0 spiro atoms. The summed E-state index contributed by atoms with van der Waals surface area (Å²) in [6.07, 6.45) is 2.50. The maximum absolute atomic E-state index is 8.35. The van der Waals surface area contributed by atoms with Crippen molar-refractivity contribution in [2.24, 2.45) is 0 Å². The Morgan fingerprint density at radius 2 is 2.00 bits per heavy atom. The Morgan fingerprint density at radius 1 is 2.00 bits per heavy atom. The van der Waals surface area contributed by atoms with E-state index >= 15 is 0 Å². The molecule has 0 aromatic heterocycles. The number of rotatable bonds is 0. The van der Waals surface area contributed by atoms with E-state index in [1.165, 1.54) is 0 Å². The summed E-state index contributed by atoms with van der Waals surface area (Å²) in [5.74, 6) is 0. The highest BCUT2D eigenvalue weighted by Gasteiger charge is 1.15. The summed E-state index contributed by atoms with van der Waals surface area (Å²) in [5.41, 5.74) is 0. The molecule has 0 saturated carbocycles. The molecule has 0 rings (SSSR count). The maximum Gasteiger partial charge on any atom is 0.231 e. The van der Waals surface area contributed by atoms with E-state index in [1.807, 2.05) is 6.92 Å². The average Bonchev–Trinajstić information content (AvgIpc) is 1.39. The van der Waals surface area contributed by atoms with E-state index in [4.69, 9.17) is 10.2 Å². The van der Waals surface area contributed by atoms with E-state index in [0.29, 0.717) is 0 Å². The Balaban J connectivity index is 0.